The van der Waals surface area contributed by atoms with E-state index in [1.165, 1.54) is 25.7 Å². The van der Waals surface area contributed by atoms with Crippen molar-refractivity contribution in [2.75, 3.05) is 39.6 Å². The van der Waals surface area contributed by atoms with Crippen LogP contribution in [0.15, 0.2) is 194 Å². The maximum atomic E-state index is 13.1. The first-order valence-corrected chi connectivity index (χ1v) is 42.7. The van der Waals surface area contributed by atoms with Crippen molar-refractivity contribution < 1.29 is 80.2 Å². The third kappa shape index (κ3) is 76.1. The number of carbonyl (C=O) groups is 4. The molecule has 5 unspecified atom stereocenters. The van der Waals surface area contributed by atoms with E-state index in [1.54, 1.807) is 0 Å². The van der Waals surface area contributed by atoms with Gasteiger partial charge in [-0.1, -0.05) is 280 Å². The molecule has 5 atom stereocenters. The van der Waals surface area contributed by atoms with Gasteiger partial charge in [0.15, 0.2) is 12.2 Å². The Labute approximate surface area is 640 Å². The van der Waals surface area contributed by atoms with Gasteiger partial charge in [-0.05, 0) is 161 Å². The fourth-order valence-electron chi connectivity index (χ4n) is 9.63. The summed E-state index contributed by atoms with van der Waals surface area (Å²) < 4.78 is 68.4. The number of unbranched alkanes of at least 4 members (excludes halogenated alkanes) is 14. The molecule has 0 amide bonds. The van der Waals surface area contributed by atoms with E-state index in [0.717, 1.165) is 154 Å². The molecule has 0 heterocycles. The van der Waals surface area contributed by atoms with Crippen LogP contribution in [0.5, 0.6) is 0 Å². The van der Waals surface area contributed by atoms with Gasteiger partial charge in [0.2, 0.25) is 0 Å². The van der Waals surface area contributed by atoms with Crippen molar-refractivity contribution >= 4 is 39.5 Å². The van der Waals surface area contributed by atoms with E-state index in [4.69, 9.17) is 37.0 Å². The standard InChI is InChI=1S/C87H138O17P2/c1-5-9-13-17-21-25-29-33-36-38-40-42-45-48-51-55-59-63-67-71-84(89)97-77-82(103-86(91)73-69-65-61-57-53-47-32-28-24-20-16-12-8-4)79-101-105(93,94)99-75-81(88)76-100-106(95,96)102-80-83(104-87(92)74-70-66-62-58-54-50-44-35-31-27-23-19-15-11-7-3)78-98-85(90)72-68-64-60-56-52-49-46-43-41-39-37-34-30-26-22-18-14-10-6-2/h9-11,13-15,21-23,25-28,32-37,40-44,48-49,51-52,59-60,63-64,81-83,88H,5-8,12,16-20,24,29-31,38-39,45-47,50,53-58,61-62,65-80H2,1-4H3,(H,93,94)(H,95,96)/b13-9-,14-10-,15-11-,25-21-,26-22-,27-23-,32-28-,36-33-,37-34-,42-40-,43-41-,44-35-,51-48-,52-49-,63-59-,64-60-. The molecule has 0 saturated carbocycles. The molecular weight excluding hydrogens is 1380 g/mol. The second-order valence-corrected chi connectivity index (χ2v) is 28.4. The van der Waals surface area contributed by atoms with Crippen LogP contribution in [-0.4, -0.2) is 96.7 Å². The Morgan fingerprint density at radius 2 is 0.509 bits per heavy atom. The highest BCUT2D eigenvalue weighted by Gasteiger charge is 2.30. The van der Waals surface area contributed by atoms with E-state index in [9.17, 15) is 43.2 Å². The maximum absolute atomic E-state index is 13.1. The Bertz CT molecular complexity index is 2780. The Balaban J connectivity index is 5.51. The summed E-state index contributed by atoms with van der Waals surface area (Å²) in [4.78, 5) is 73.0. The fourth-order valence-corrected chi connectivity index (χ4v) is 11.2. The van der Waals surface area contributed by atoms with Gasteiger partial charge in [-0.3, -0.25) is 37.3 Å². The molecule has 0 aromatic heterocycles. The number of rotatable bonds is 72. The summed E-state index contributed by atoms with van der Waals surface area (Å²) in [5.74, 6) is -2.42. The molecule has 0 aliphatic carbocycles. The largest absolute Gasteiger partial charge is 0.472 e. The van der Waals surface area contributed by atoms with Gasteiger partial charge in [0, 0.05) is 25.7 Å². The molecule has 0 aromatic rings. The monoisotopic (exact) mass is 1520 g/mol. The van der Waals surface area contributed by atoms with Crippen LogP contribution in [0.25, 0.3) is 0 Å². The molecule has 0 rings (SSSR count). The third-order valence-electron chi connectivity index (χ3n) is 15.6. The molecule has 0 aromatic carbocycles. The fraction of sp³-hybridized carbons (Fsp3) is 0.586. The first kappa shape index (κ1) is 99.9. The van der Waals surface area contributed by atoms with Crippen molar-refractivity contribution in [3.05, 3.63) is 194 Å². The second kappa shape index (κ2) is 77.1. The molecule has 598 valence electrons. The third-order valence-corrected chi connectivity index (χ3v) is 17.5. The van der Waals surface area contributed by atoms with Gasteiger partial charge in [-0.15, -0.1) is 0 Å². The zero-order valence-corrected chi connectivity index (χ0v) is 67.1. The lowest BCUT2D eigenvalue weighted by molar-refractivity contribution is -0.161. The first-order chi connectivity index (χ1) is 51.7. The zero-order chi connectivity index (χ0) is 77.4. The van der Waals surface area contributed by atoms with E-state index in [1.807, 2.05) is 36.5 Å². The molecule has 17 nitrogen and oxygen atoms in total. The number of esters is 4. The predicted octanol–water partition coefficient (Wildman–Crippen LogP) is 23.3. The Kier molecular flexibility index (Phi) is 72.6. The van der Waals surface area contributed by atoms with Crippen LogP contribution in [0.2, 0.25) is 0 Å². The topological polar surface area (TPSA) is 237 Å². The summed E-state index contributed by atoms with van der Waals surface area (Å²) in [5, 5.41) is 10.6. The van der Waals surface area contributed by atoms with Crippen LogP contribution < -0.4 is 0 Å². The van der Waals surface area contributed by atoms with Crippen molar-refractivity contribution in [2.24, 2.45) is 0 Å². The SMILES string of the molecule is CC/C=C\C/C=C\C/C=C\C/C=C\C/C=C\C/C=C\CCC(=O)OCC(COP(=O)(O)OCC(O)COP(=O)(O)OCC(COC(=O)CC/C=C\C/C=C\C/C=C\C/C=C\C/C=C\C/C=C\CC)OC(=O)CCCCCCC/C=C\CCCCCC)OC(=O)CCCCCCC/C=C\C/C=C\C/C=C\CC. The van der Waals surface area contributed by atoms with E-state index in [0.29, 0.717) is 38.5 Å². The van der Waals surface area contributed by atoms with Crippen LogP contribution in [0, 0.1) is 0 Å². The minimum absolute atomic E-state index is 0.0232. The Morgan fingerprint density at radius 1 is 0.274 bits per heavy atom. The summed E-state index contributed by atoms with van der Waals surface area (Å²) in [6.07, 6.45) is 94.5. The predicted molar refractivity (Wildman–Crippen MR) is 436 cm³/mol. The van der Waals surface area contributed by atoms with Crippen LogP contribution in [0.4, 0.5) is 0 Å². The van der Waals surface area contributed by atoms with Crippen molar-refractivity contribution in [3.8, 4) is 0 Å². The number of aliphatic hydroxyl groups excluding tert-OH is 1. The highest BCUT2D eigenvalue weighted by Crippen LogP contribution is 2.45. The van der Waals surface area contributed by atoms with Gasteiger partial charge < -0.3 is 33.8 Å². The second-order valence-electron chi connectivity index (χ2n) is 25.5. The Hall–Kier alpha value is -6.10. The molecule has 0 spiro atoms. The van der Waals surface area contributed by atoms with Crippen molar-refractivity contribution in [1.82, 2.24) is 0 Å². The number of carbonyl (C=O) groups excluding carboxylic acids is 4. The zero-order valence-electron chi connectivity index (χ0n) is 65.3. The first-order valence-electron chi connectivity index (χ1n) is 39.7. The van der Waals surface area contributed by atoms with E-state index in [-0.39, 0.29) is 25.7 Å². The lowest BCUT2D eigenvalue weighted by Crippen LogP contribution is -2.30. The number of phosphoric acid groups is 2. The van der Waals surface area contributed by atoms with Gasteiger partial charge in [0.1, 0.15) is 19.3 Å². The summed E-state index contributed by atoms with van der Waals surface area (Å²) in [7, 11) is -10.0. The highest BCUT2D eigenvalue weighted by molar-refractivity contribution is 7.47. The number of hydrogen-bond donors (Lipinski definition) is 3. The number of hydrogen-bond acceptors (Lipinski definition) is 15. The van der Waals surface area contributed by atoms with Crippen LogP contribution in [-0.2, 0) is 65.4 Å². The molecule has 0 bridgehead atoms. The molecule has 0 fully saturated rings. The number of allylic oxidation sites excluding steroid dienone is 32. The van der Waals surface area contributed by atoms with Crippen LogP contribution in [0.1, 0.15) is 272 Å². The average molecular weight is 1520 g/mol. The summed E-state index contributed by atoms with van der Waals surface area (Å²) >= 11 is 0. The van der Waals surface area contributed by atoms with Crippen LogP contribution >= 0.6 is 15.6 Å². The van der Waals surface area contributed by atoms with E-state index >= 15 is 0 Å². The van der Waals surface area contributed by atoms with Gasteiger partial charge in [0.25, 0.3) is 0 Å². The molecule has 0 aliphatic heterocycles. The maximum Gasteiger partial charge on any atom is 0.472 e. The van der Waals surface area contributed by atoms with Crippen molar-refractivity contribution in [2.45, 2.75) is 290 Å². The molecule has 0 saturated heterocycles. The molecular formula is C87H138O17P2. The molecule has 0 radical (unpaired) electrons. The van der Waals surface area contributed by atoms with Gasteiger partial charge in [0.05, 0.1) is 26.4 Å². The lowest BCUT2D eigenvalue weighted by atomic mass is 10.1. The summed E-state index contributed by atoms with van der Waals surface area (Å²) in [6.45, 7) is 4.29. The van der Waals surface area contributed by atoms with E-state index in [2.05, 4.69) is 186 Å². The molecule has 19 heteroatoms. The van der Waals surface area contributed by atoms with E-state index < -0.39 is 97.5 Å². The average Bonchev–Trinajstić information content (AvgIpc) is 0.933. The van der Waals surface area contributed by atoms with Gasteiger partial charge in [-0.25, -0.2) is 9.13 Å². The highest BCUT2D eigenvalue weighted by atomic mass is 31.2. The Morgan fingerprint density at radius 3 is 0.802 bits per heavy atom. The summed E-state index contributed by atoms with van der Waals surface area (Å²) in [5.41, 5.74) is 0. The minimum Gasteiger partial charge on any atom is -0.462 e. The quantitative estimate of drug-likeness (QED) is 0.0169. The van der Waals surface area contributed by atoms with Crippen molar-refractivity contribution in [1.29, 1.82) is 0 Å². The minimum atomic E-state index is -5.01. The molecule has 3 N–H and O–H groups in total. The van der Waals surface area contributed by atoms with Gasteiger partial charge in [-0.2, -0.15) is 0 Å². The van der Waals surface area contributed by atoms with Crippen molar-refractivity contribution in [3.63, 3.8) is 0 Å². The lowest BCUT2D eigenvalue weighted by Gasteiger charge is -2.21. The molecule has 0 aliphatic rings. The van der Waals surface area contributed by atoms with Gasteiger partial charge >= 0.3 is 39.5 Å². The molecule has 106 heavy (non-hydrogen) atoms. The number of aliphatic hydroxyl groups is 1. The van der Waals surface area contributed by atoms with Crippen LogP contribution in [0.3, 0.4) is 0 Å². The normalized spacial score (nSPS) is 14.9. The smallest absolute Gasteiger partial charge is 0.462 e. The number of ether oxygens (including phenoxy) is 4. The number of phosphoric ester groups is 2. The summed E-state index contributed by atoms with van der Waals surface area (Å²) in [6, 6.07) is 0.